The minimum atomic E-state index is -0.0403. The fraction of sp³-hybridized carbons (Fsp3) is 0.350. The maximum Gasteiger partial charge on any atom is 0.271 e. The minimum Gasteiger partial charge on any atom is -0.507 e. The van der Waals surface area contributed by atoms with Crippen molar-refractivity contribution in [2.75, 3.05) is 13.1 Å². The fourth-order valence-electron chi connectivity index (χ4n) is 3.62. The molecule has 0 spiro atoms. The molecule has 3 heterocycles. The lowest BCUT2D eigenvalue weighted by Crippen LogP contribution is -2.39. The smallest absolute Gasteiger partial charge is 0.271 e. The molecule has 7 heteroatoms. The summed E-state index contributed by atoms with van der Waals surface area (Å²) in [6.07, 6.45) is 5.79. The van der Waals surface area contributed by atoms with E-state index < -0.39 is 0 Å². The van der Waals surface area contributed by atoms with E-state index in [1.54, 1.807) is 24.3 Å². The number of aryl methyl sites for hydroxylation is 1. The number of phenols is 1. The van der Waals surface area contributed by atoms with Crippen LogP contribution in [0, 0.1) is 12.8 Å². The van der Waals surface area contributed by atoms with Gasteiger partial charge in [-0.25, -0.2) is 4.98 Å². The van der Waals surface area contributed by atoms with Crippen molar-refractivity contribution in [2.45, 2.75) is 26.3 Å². The lowest BCUT2D eigenvalue weighted by atomic mass is 9.96. The average molecular weight is 365 g/mol. The molecule has 2 N–H and O–H groups in total. The summed E-state index contributed by atoms with van der Waals surface area (Å²) >= 11 is 0. The van der Waals surface area contributed by atoms with Crippen LogP contribution in [0.4, 0.5) is 0 Å². The molecule has 27 heavy (non-hydrogen) atoms. The average Bonchev–Trinajstić information content (AvgIpc) is 3.32. The lowest BCUT2D eigenvalue weighted by molar-refractivity contribution is 0.0676. The molecular formula is C20H23N5O2. The van der Waals surface area contributed by atoms with E-state index in [-0.39, 0.29) is 11.7 Å². The van der Waals surface area contributed by atoms with E-state index in [0.717, 1.165) is 38.3 Å². The second kappa shape index (κ2) is 7.26. The van der Waals surface area contributed by atoms with E-state index in [4.69, 9.17) is 0 Å². The number of benzene rings is 1. The number of para-hydroxylation sites is 1. The number of nitrogens with zero attached hydrogens (tertiary/aromatic N) is 4. The van der Waals surface area contributed by atoms with Gasteiger partial charge in [-0.3, -0.25) is 9.89 Å². The Morgan fingerprint density at radius 3 is 2.78 bits per heavy atom. The number of rotatable bonds is 4. The van der Waals surface area contributed by atoms with Crippen LogP contribution < -0.4 is 0 Å². The van der Waals surface area contributed by atoms with Gasteiger partial charge in [0.15, 0.2) is 0 Å². The van der Waals surface area contributed by atoms with Crippen molar-refractivity contribution in [1.29, 1.82) is 0 Å². The molecule has 0 aliphatic carbocycles. The second-order valence-corrected chi connectivity index (χ2v) is 7.05. The number of hydrogen-bond acceptors (Lipinski definition) is 4. The van der Waals surface area contributed by atoms with Gasteiger partial charge in [0.1, 0.15) is 17.3 Å². The van der Waals surface area contributed by atoms with Crippen LogP contribution in [0.25, 0.3) is 11.3 Å². The van der Waals surface area contributed by atoms with Crippen molar-refractivity contribution < 1.29 is 9.90 Å². The fourth-order valence-corrected chi connectivity index (χ4v) is 3.62. The molecule has 0 radical (unpaired) electrons. The highest BCUT2D eigenvalue weighted by Crippen LogP contribution is 2.28. The largest absolute Gasteiger partial charge is 0.507 e. The first-order valence-corrected chi connectivity index (χ1v) is 9.22. The summed E-state index contributed by atoms with van der Waals surface area (Å²) in [5, 5.41) is 17.0. The third-order valence-corrected chi connectivity index (χ3v) is 5.27. The number of aromatic hydroxyl groups is 1. The first-order valence-electron chi connectivity index (χ1n) is 9.22. The van der Waals surface area contributed by atoms with Crippen molar-refractivity contribution in [3.8, 4) is 17.0 Å². The van der Waals surface area contributed by atoms with Crippen LogP contribution in [0.3, 0.4) is 0 Å². The van der Waals surface area contributed by atoms with Gasteiger partial charge in [0.05, 0.1) is 5.69 Å². The summed E-state index contributed by atoms with van der Waals surface area (Å²) in [6.45, 7) is 4.44. The minimum absolute atomic E-state index is 0.0403. The van der Waals surface area contributed by atoms with E-state index in [1.165, 1.54) is 0 Å². The van der Waals surface area contributed by atoms with Crippen LogP contribution in [0.2, 0.25) is 0 Å². The quantitative estimate of drug-likeness (QED) is 0.744. The van der Waals surface area contributed by atoms with Crippen molar-refractivity contribution in [2.24, 2.45) is 5.92 Å². The third-order valence-electron chi connectivity index (χ3n) is 5.27. The van der Waals surface area contributed by atoms with E-state index in [0.29, 0.717) is 22.9 Å². The number of amides is 1. The number of likely N-dealkylation sites (tertiary alicyclic amines) is 1. The lowest BCUT2D eigenvalue weighted by Gasteiger charge is -2.32. The van der Waals surface area contributed by atoms with Gasteiger partial charge in [0, 0.05) is 37.6 Å². The predicted octanol–water partition coefficient (Wildman–Crippen LogP) is 2.84. The van der Waals surface area contributed by atoms with Gasteiger partial charge in [-0.1, -0.05) is 12.1 Å². The Bertz CT molecular complexity index is 937. The second-order valence-electron chi connectivity index (χ2n) is 7.05. The highest BCUT2D eigenvalue weighted by molar-refractivity contribution is 5.93. The highest BCUT2D eigenvalue weighted by atomic mass is 16.3. The van der Waals surface area contributed by atoms with Gasteiger partial charge < -0.3 is 14.6 Å². The Balaban J connectivity index is 1.38. The number of aromatic amines is 1. The molecule has 0 atom stereocenters. The molecule has 3 aromatic rings. The molecule has 1 saturated heterocycles. The summed E-state index contributed by atoms with van der Waals surface area (Å²) in [5.74, 6) is 1.70. The zero-order valence-electron chi connectivity index (χ0n) is 15.3. The number of carbonyl (C=O) groups is 1. The molecule has 4 rings (SSSR count). The Morgan fingerprint density at radius 1 is 1.30 bits per heavy atom. The zero-order chi connectivity index (χ0) is 18.8. The van der Waals surface area contributed by atoms with Gasteiger partial charge in [0.2, 0.25) is 0 Å². The number of nitrogens with one attached hydrogen (secondary N) is 1. The van der Waals surface area contributed by atoms with Crippen molar-refractivity contribution in [3.63, 3.8) is 0 Å². The molecule has 1 aliphatic rings. The number of carbonyl (C=O) groups excluding carboxylic acids is 1. The maximum absolute atomic E-state index is 12.8. The molecule has 1 amide bonds. The standard InChI is InChI=1S/C20H23N5O2/c1-14-21-8-11-25(14)13-15-6-9-24(10-7-15)20(27)18-12-17(22-23-18)16-4-2-3-5-19(16)26/h2-5,8,11-12,15,26H,6-7,9-10,13H2,1H3,(H,22,23). The Hall–Kier alpha value is -3.09. The predicted molar refractivity (Wildman–Crippen MR) is 101 cm³/mol. The first kappa shape index (κ1) is 17.3. The maximum atomic E-state index is 12.8. The molecule has 1 fully saturated rings. The summed E-state index contributed by atoms with van der Waals surface area (Å²) in [7, 11) is 0. The summed E-state index contributed by atoms with van der Waals surface area (Å²) in [6, 6.07) is 8.69. The van der Waals surface area contributed by atoms with E-state index in [9.17, 15) is 9.90 Å². The number of hydrogen-bond donors (Lipinski definition) is 2. The highest BCUT2D eigenvalue weighted by Gasteiger charge is 2.25. The Morgan fingerprint density at radius 2 is 2.07 bits per heavy atom. The SMILES string of the molecule is Cc1nccn1CC1CCN(C(=O)c2cc(-c3ccccc3O)n[nH]2)CC1. The van der Waals surface area contributed by atoms with Gasteiger partial charge in [-0.05, 0) is 43.9 Å². The van der Waals surface area contributed by atoms with Crippen molar-refractivity contribution in [1.82, 2.24) is 24.6 Å². The number of phenolic OH excluding ortho intramolecular Hbond substituents is 1. The molecule has 2 aromatic heterocycles. The van der Waals surface area contributed by atoms with Crippen LogP contribution in [-0.2, 0) is 6.54 Å². The molecule has 1 aromatic carbocycles. The normalized spacial score (nSPS) is 15.2. The number of imidazole rings is 1. The first-order chi connectivity index (χ1) is 13.1. The van der Waals surface area contributed by atoms with Crippen molar-refractivity contribution >= 4 is 5.91 Å². The van der Waals surface area contributed by atoms with Gasteiger partial charge >= 0.3 is 0 Å². The molecule has 7 nitrogen and oxygen atoms in total. The van der Waals surface area contributed by atoms with E-state index in [2.05, 4.69) is 19.7 Å². The molecular weight excluding hydrogens is 342 g/mol. The van der Waals surface area contributed by atoms with Crippen LogP contribution in [-0.4, -0.2) is 48.8 Å². The molecule has 0 saturated carbocycles. The van der Waals surface area contributed by atoms with Crippen molar-refractivity contribution in [3.05, 3.63) is 54.2 Å². The summed E-state index contributed by atoms with van der Waals surface area (Å²) in [5.41, 5.74) is 1.64. The van der Waals surface area contributed by atoms with Gasteiger partial charge in [-0.15, -0.1) is 0 Å². The summed E-state index contributed by atoms with van der Waals surface area (Å²) < 4.78 is 2.18. The van der Waals surface area contributed by atoms with E-state index >= 15 is 0 Å². The Labute approximate surface area is 157 Å². The van der Waals surface area contributed by atoms with E-state index in [1.807, 2.05) is 30.3 Å². The molecule has 0 unspecified atom stereocenters. The monoisotopic (exact) mass is 365 g/mol. The third kappa shape index (κ3) is 3.58. The molecule has 1 aliphatic heterocycles. The van der Waals surface area contributed by atoms with Crippen LogP contribution in [0.1, 0.15) is 29.2 Å². The molecule has 0 bridgehead atoms. The van der Waals surface area contributed by atoms with Crippen LogP contribution in [0.15, 0.2) is 42.7 Å². The number of H-pyrrole nitrogens is 1. The Kier molecular flexibility index (Phi) is 4.66. The molecule has 140 valence electrons. The van der Waals surface area contributed by atoms with Crippen LogP contribution in [0.5, 0.6) is 5.75 Å². The summed E-state index contributed by atoms with van der Waals surface area (Å²) in [4.78, 5) is 18.9. The van der Waals surface area contributed by atoms with Gasteiger partial charge in [-0.2, -0.15) is 5.10 Å². The van der Waals surface area contributed by atoms with Crippen LogP contribution >= 0.6 is 0 Å². The zero-order valence-corrected chi connectivity index (χ0v) is 15.3. The number of aromatic nitrogens is 4. The van der Waals surface area contributed by atoms with Gasteiger partial charge in [0.25, 0.3) is 5.91 Å². The number of piperidine rings is 1. The topological polar surface area (TPSA) is 87.0 Å².